The number of carbonyl (C=O) groups is 2. The van der Waals surface area contributed by atoms with E-state index in [-0.39, 0.29) is 28.5 Å². The van der Waals surface area contributed by atoms with Crippen LogP contribution in [-0.2, 0) is 17.9 Å². The number of nitrogens with zero attached hydrogens (tertiary/aromatic N) is 7. The second kappa shape index (κ2) is 11.5. The molecule has 5 rings (SSSR count). The van der Waals surface area contributed by atoms with Crippen molar-refractivity contribution < 1.29 is 36.6 Å². The zero-order valence-electron chi connectivity index (χ0n) is 22.3. The van der Waals surface area contributed by atoms with Crippen molar-refractivity contribution in [1.29, 1.82) is 0 Å². The number of hydrogen-bond acceptors (Lipinski definition) is 7. The number of amides is 2. The third-order valence-corrected chi connectivity index (χ3v) is 7.08. The molecule has 3 N–H and O–H groups in total. The zero-order valence-corrected chi connectivity index (χ0v) is 23.1. The Morgan fingerprint density at radius 1 is 1.11 bits per heavy atom. The lowest BCUT2D eigenvalue weighted by molar-refractivity contribution is -0.207. The van der Waals surface area contributed by atoms with Gasteiger partial charge in [0.15, 0.2) is 17.8 Å². The number of halogens is 6. The standard InChI is InChI=1S/C26H22ClF5N8O4/c27-15-7-5-14(6-8-15)22-36-39(24(44)37(22)10-19(41)26(30,31)32)11-20-34-13-40(35-20)17-4-2-1-3-16(17)23(43)38-12-25(28,29)9-18(38)21(33)42/h1-8,13,18-19,41H,9-12H2,(H2,33,42)/t18-,19?/m0/s1. The topological polar surface area (TPSA) is 154 Å². The van der Waals surface area contributed by atoms with E-state index in [1.807, 2.05) is 0 Å². The molecule has 0 saturated carbocycles. The van der Waals surface area contributed by atoms with E-state index in [4.69, 9.17) is 17.3 Å². The van der Waals surface area contributed by atoms with Crippen LogP contribution in [0.25, 0.3) is 17.1 Å². The lowest BCUT2D eigenvalue weighted by Crippen LogP contribution is -2.44. The number of primary amides is 1. The molecule has 2 aromatic heterocycles. The third kappa shape index (κ3) is 6.19. The first-order valence-corrected chi connectivity index (χ1v) is 13.2. The molecule has 0 spiro atoms. The quantitative estimate of drug-likeness (QED) is 0.280. The number of para-hydroxylation sites is 1. The monoisotopic (exact) mass is 640 g/mol. The number of hydrogen-bond donors (Lipinski definition) is 2. The maximum absolute atomic E-state index is 14.1. The molecule has 1 saturated heterocycles. The van der Waals surface area contributed by atoms with Crippen LogP contribution in [0.1, 0.15) is 22.6 Å². The summed E-state index contributed by atoms with van der Waals surface area (Å²) in [6.45, 7) is -2.58. The van der Waals surface area contributed by atoms with Gasteiger partial charge in [0.1, 0.15) is 18.9 Å². The second-order valence-corrected chi connectivity index (χ2v) is 10.4. The number of aliphatic hydroxyl groups is 1. The van der Waals surface area contributed by atoms with Crippen molar-refractivity contribution in [3.63, 3.8) is 0 Å². The molecule has 4 aromatic rings. The second-order valence-electron chi connectivity index (χ2n) is 9.97. The number of aromatic nitrogens is 6. The number of aliphatic hydroxyl groups excluding tert-OH is 1. The van der Waals surface area contributed by atoms with Gasteiger partial charge in [0, 0.05) is 17.0 Å². The molecule has 1 unspecified atom stereocenters. The SMILES string of the molecule is NC(=O)[C@@H]1CC(F)(F)CN1C(=O)c1ccccc1-n1cnc(Cn2nc(-c3ccc(Cl)cc3)n(CC(O)C(F)(F)F)c2=O)n1. The van der Waals surface area contributed by atoms with Gasteiger partial charge in [-0.25, -0.2) is 27.9 Å². The summed E-state index contributed by atoms with van der Waals surface area (Å²) in [4.78, 5) is 43.0. The van der Waals surface area contributed by atoms with Crippen molar-refractivity contribution in [3.8, 4) is 17.1 Å². The minimum atomic E-state index is -5.01. The summed E-state index contributed by atoms with van der Waals surface area (Å²) in [5, 5.41) is 18.4. The van der Waals surface area contributed by atoms with E-state index in [1.165, 1.54) is 54.9 Å². The van der Waals surface area contributed by atoms with Crippen LogP contribution in [0.2, 0.25) is 5.02 Å². The summed E-state index contributed by atoms with van der Waals surface area (Å²) in [6, 6.07) is 10.0. The predicted molar refractivity (Wildman–Crippen MR) is 143 cm³/mol. The highest BCUT2D eigenvalue weighted by molar-refractivity contribution is 6.30. The van der Waals surface area contributed by atoms with E-state index < -0.39 is 67.8 Å². The molecular formula is C26H22ClF5N8O4. The summed E-state index contributed by atoms with van der Waals surface area (Å²) < 4.78 is 70.2. The molecule has 0 radical (unpaired) electrons. The molecular weight excluding hydrogens is 619 g/mol. The number of nitrogens with two attached hydrogens (primary N) is 1. The average Bonchev–Trinajstić information content (AvgIpc) is 3.65. The molecule has 2 amide bonds. The van der Waals surface area contributed by atoms with Crippen LogP contribution in [0.3, 0.4) is 0 Å². The molecule has 0 bridgehead atoms. The van der Waals surface area contributed by atoms with Crippen molar-refractivity contribution >= 4 is 23.4 Å². The van der Waals surface area contributed by atoms with Crippen LogP contribution >= 0.6 is 11.6 Å². The van der Waals surface area contributed by atoms with Gasteiger partial charge >= 0.3 is 11.9 Å². The first kappa shape index (κ1) is 30.8. The highest BCUT2D eigenvalue weighted by Crippen LogP contribution is 2.33. The van der Waals surface area contributed by atoms with Crippen LogP contribution in [0.4, 0.5) is 22.0 Å². The van der Waals surface area contributed by atoms with E-state index in [1.54, 1.807) is 0 Å². The summed E-state index contributed by atoms with van der Waals surface area (Å²) in [5.74, 6) is -5.54. The summed E-state index contributed by atoms with van der Waals surface area (Å²) in [6.07, 6.45) is -7.61. The van der Waals surface area contributed by atoms with Gasteiger partial charge in [-0.2, -0.15) is 13.2 Å². The Balaban J connectivity index is 1.46. The Bertz CT molecular complexity index is 1770. The van der Waals surface area contributed by atoms with Gasteiger partial charge in [0.25, 0.3) is 11.8 Å². The van der Waals surface area contributed by atoms with Gasteiger partial charge in [-0.05, 0) is 36.4 Å². The highest BCUT2D eigenvalue weighted by Gasteiger charge is 2.49. The van der Waals surface area contributed by atoms with Crippen LogP contribution in [0, 0.1) is 0 Å². The zero-order chi connectivity index (χ0) is 32.0. The van der Waals surface area contributed by atoms with Crippen molar-refractivity contribution in [2.75, 3.05) is 6.54 Å². The summed E-state index contributed by atoms with van der Waals surface area (Å²) >= 11 is 5.90. The number of benzene rings is 2. The molecule has 1 fully saturated rings. The molecule has 44 heavy (non-hydrogen) atoms. The van der Waals surface area contributed by atoms with Crippen LogP contribution in [-0.4, -0.2) is 81.7 Å². The lowest BCUT2D eigenvalue weighted by Gasteiger charge is -2.22. The van der Waals surface area contributed by atoms with Crippen molar-refractivity contribution in [2.24, 2.45) is 5.73 Å². The molecule has 2 aromatic carbocycles. The minimum absolute atomic E-state index is 0.0549. The normalized spacial score (nSPS) is 17.2. The van der Waals surface area contributed by atoms with Gasteiger partial charge in [-0.3, -0.25) is 14.2 Å². The fourth-order valence-electron chi connectivity index (χ4n) is 4.71. The Morgan fingerprint density at radius 2 is 1.80 bits per heavy atom. The average molecular weight is 641 g/mol. The summed E-state index contributed by atoms with van der Waals surface area (Å²) in [7, 11) is 0. The Hall–Kier alpha value is -4.64. The van der Waals surface area contributed by atoms with Crippen molar-refractivity contribution in [1.82, 2.24) is 34.0 Å². The smallest absolute Gasteiger partial charge is 0.382 e. The molecule has 232 valence electrons. The predicted octanol–water partition coefficient (Wildman–Crippen LogP) is 2.25. The number of alkyl halides is 5. The Labute approximate surface area is 249 Å². The largest absolute Gasteiger partial charge is 0.416 e. The maximum atomic E-state index is 14.1. The molecule has 18 heteroatoms. The van der Waals surface area contributed by atoms with Crippen LogP contribution < -0.4 is 11.4 Å². The Morgan fingerprint density at radius 3 is 2.45 bits per heavy atom. The highest BCUT2D eigenvalue weighted by atomic mass is 35.5. The molecule has 0 aliphatic carbocycles. The number of likely N-dealkylation sites (tertiary alicyclic amines) is 1. The number of rotatable bonds is 8. The first-order valence-electron chi connectivity index (χ1n) is 12.8. The fourth-order valence-corrected chi connectivity index (χ4v) is 4.84. The fraction of sp³-hybridized carbons (Fsp3) is 0.308. The van der Waals surface area contributed by atoms with Gasteiger partial charge in [-0.15, -0.1) is 10.2 Å². The molecule has 2 atom stereocenters. The molecule has 1 aliphatic rings. The molecule has 3 heterocycles. The molecule has 12 nitrogen and oxygen atoms in total. The summed E-state index contributed by atoms with van der Waals surface area (Å²) in [5.41, 5.74) is 4.51. The van der Waals surface area contributed by atoms with Crippen LogP contribution in [0.5, 0.6) is 0 Å². The maximum Gasteiger partial charge on any atom is 0.416 e. The van der Waals surface area contributed by atoms with Crippen molar-refractivity contribution in [2.45, 2.75) is 43.8 Å². The van der Waals surface area contributed by atoms with E-state index in [2.05, 4.69) is 15.2 Å². The van der Waals surface area contributed by atoms with Gasteiger partial charge in [0.05, 0.1) is 24.3 Å². The van der Waals surface area contributed by atoms with Gasteiger partial charge < -0.3 is 15.7 Å². The lowest BCUT2D eigenvalue weighted by atomic mass is 10.1. The third-order valence-electron chi connectivity index (χ3n) is 6.83. The van der Waals surface area contributed by atoms with E-state index >= 15 is 0 Å². The minimum Gasteiger partial charge on any atom is -0.382 e. The first-order chi connectivity index (χ1) is 20.6. The molecule has 1 aliphatic heterocycles. The van der Waals surface area contributed by atoms with Gasteiger partial charge in [-0.1, -0.05) is 23.7 Å². The number of carbonyl (C=O) groups excluding carboxylic acids is 2. The van der Waals surface area contributed by atoms with E-state index in [0.29, 0.717) is 14.5 Å². The Kier molecular flexibility index (Phi) is 8.02. The van der Waals surface area contributed by atoms with Crippen molar-refractivity contribution in [3.05, 3.63) is 81.8 Å². The van der Waals surface area contributed by atoms with E-state index in [0.717, 1.165) is 9.36 Å². The van der Waals surface area contributed by atoms with E-state index in [9.17, 15) is 41.4 Å². The van der Waals surface area contributed by atoms with Gasteiger partial charge in [0.2, 0.25) is 5.91 Å². The van der Waals surface area contributed by atoms with Crippen LogP contribution in [0.15, 0.2) is 59.7 Å².